The third kappa shape index (κ3) is 3.51. The van der Waals surface area contributed by atoms with E-state index in [2.05, 4.69) is 27.9 Å². The van der Waals surface area contributed by atoms with Crippen LogP contribution in [0.1, 0.15) is 24.2 Å². The zero-order valence-electron chi connectivity index (χ0n) is 8.54. The summed E-state index contributed by atoms with van der Waals surface area (Å²) in [5.41, 5.74) is -0.261. The average Bonchev–Trinajstić information content (AvgIpc) is 2.17. The third-order valence-electron chi connectivity index (χ3n) is 1.79. The maximum atomic E-state index is 11.7. The van der Waals surface area contributed by atoms with Crippen molar-refractivity contribution in [2.45, 2.75) is 19.4 Å². The average molecular weight is 314 g/mol. The number of carbonyl (C=O) groups is 1. The van der Waals surface area contributed by atoms with E-state index in [4.69, 9.17) is 5.26 Å². The summed E-state index contributed by atoms with van der Waals surface area (Å²) in [6, 6.07) is 9.26. The van der Waals surface area contributed by atoms with Crippen LogP contribution in [0.2, 0.25) is 0 Å². The Morgan fingerprint density at radius 3 is 2.73 bits per heavy atom. The van der Waals surface area contributed by atoms with E-state index in [1.807, 2.05) is 18.2 Å². The highest BCUT2D eigenvalue weighted by Gasteiger charge is 2.19. The van der Waals surface area contributed by atoms with Crippen LogP contribution in [0.3, 0.4) is 0 Å². The lowest BCUT2D eigenvalue weighted by Gasteiger charge is -2.17. The molecule has 0 saturated carbocycles. The molecule has 0 atom stereocenters. The highest BCUT2D eigenvalue weighted by atomic mass is 127. The minimum absolute atomic E-state index is 0.222. The number of hydrogen-bond acceptors (Lipinski definition) is 2. The van der Waals surface area contributed by atoms with Gasteiger partial charge in [0.2, 0.25) is 0 Å². The molecule has 1 rings (SSSR count). The monoisotopic (exact) mass is 314 g/mol. The Morgan fingerprint density at radius 2 is 2.20 bits per heavy atom. The molecule has 3 nitrogen and oxygen atoms in total. The predicted molar refractivity (Wildman–Crippen MR) is 66.3 cm³/mol. The van der Waals surface area contributed by atoms with E-state index < -0.39 is 5.54 Å². The Balaban J connectivity index is 2.84. The van der Waals surface area contributed by atoms with Crippen LogP contribution >= 0.6 is 22.6 Å². The maximum absolute atomic E-state index is 11.7. The van der Waals surface area contributed by atoms with Gasteiger partial charge >= 0.3 is 0 Å². The minimum Gasteiger partial charge on any atom is -0.334 e. The number of benzene rings is 1. The lowest BCUT2D eigenvalue weighted by molar-refractivity contribution is 0.0929. The summed E-state index contributed by atoms with van der Waals surface area (Å²) < 4.78 is 0.995. The molecule has 15 heavy (non-hydrogen) atoms. The van der Waals surface area contributed by atoms with Gasteiger partial charge in [0.05, 0.1) is 6.07 Å². The van der Waals surface area contributed by atoms with Crippen LogP contribution < -0.4 is 5.32 Å². The molecular formula is C11H11IN2O. The Labute approximate surface area is 103 Å². The zero-order chi connectivity index (χ0) is 11.5. The fourth-order valence-electron chi connectivity index (χ4n) is 1.01. The van der Waals surface area contributed by atoms with Crippen molar-refractivity contribution in [3.63, 3.8) is 0 Å². The van der Waals surface area contributed by atoms with Crippen molar-refractivity contribution >= 4 is 28.5 Å². The Kier molecular flexibility index (Phi) is 3.69. The van der Waals surface area contributed by atoms with Gasteiger partial charge in [-0.1, -0.05) is 6.07 Å². The molecule has 0 unspecified atom stereocenters. The molecule has 0 aromatic heterocycles. The van der Waals surface area contributed by atoms with E-state index in [-0.39, 0.29) is 5.91 Å². The molecule has 0 spiro atoms. The molecule has 0 aliphatic rings. The number of amides is 1. The summed E-state index contributed by atoms with van der Waals surface area (Å²) in [5.74, 6) is -0.222. The Morgan fingerprint density at radius 1 is 1.53 bits per heavy atom. The van der Waals surface area contributed by atoms with Gasteiger partial charge in [-0.25, -0.2) is 0 Å². The van der Waals surface area contributed by atoms with Crippen LogP contribution in [0.25, 0.3) is 0 Å². The molecule has 0 fully saturated rings. The molecule has 1 aromatic rings. The van der Waals surface area contributed by atoms with Gasteiger partial charge < -0.3 is 5.32 Å². The zero-order valence-corrected chi connectivity index (χ0v) is 10.7. The predicted octanol–water partition coefficient (Wildman–Crippen LogP) is 2.32. The number of halogens is 1. The van der Waals surface area contributed by atoms with Crippen molar-refractivity contribution in [3.05, 3.63) is 33.4 Å². The van der Waals surface area contributed by atoms with Gasteiger partial charge in [-0.15, -0.1) is 0 Å². The number of nitrogens with one attached hydrogen (secondary N) is 1. The van der Waals surface area contributed by atoms with Crippen molar-refractivity contribution in [1.29, 1.82) is 5.26 Å². The lowest BCUT2D eigenvalue weighted by atomic mass is 10.1. The van der Waals surface area contributed by atoms with Crippen LogP contribution in [0.15, 0.2) is 24.3 Å². The highest BCUT2D eigenvalue weighted by molar-refractivity contribution is 14.1. The Bertz CT molecular complexity index is 421. The van der Waals surface area contributed by atoms with Crippen molar-refractivity contribution in [1.82, 2.24) is 5.32 Å². The number of hydrogen-bond donors (Lipinski definition) is 1. The summed E-state index contributed by atoms with van der Waals surface area (Å²) >= 11 is 2.14. The van der Waals surface area contributed by atoms with E-state index in [0.717, 1.165) is 3.57 Å². The van der Waals surface area contributed by atoms with E-state index in [9.17, 15) is 4.79 Å². The van der Waals surface area contributed by atoms with Crippen molar-refractivity contribution in [3.8, 4) is 6.07 Å². The molecular weight excluding hydrogens is 303 g/mol. The van der Waals surface area contributed by atoms with Gasteiger partial charge in [0.25, 0.3) is 5.91 Å². The van der Waals surface area contributed by atoms with Crippen molar-refractivity contribution in [2.75, 3.05) is 0 Å². The molecule has 4 heteroatoms. The van der Waals surface area contributed by atoms with Crippen molar-refractivity contribution in [2.24, 2.45) is 0 Å². The summed E-state index contributed by atoms with van der Waals surface area (Å²) in [6.45, 7) is 3.33. The lowest BCUT2D eigenvalue weighted by Crippen LogP contribution is -2.42. The maximum Gasteiger partial charge on any atom is 0.252 e. The van der Waals surface area contributed by atoms with Gasteiger partial charge in [0.15, 0.2) is 0 Å². The molecule has 1 amide bonds. The van der Waals surface area contributed by atoms with Crippen molar-refractivity contribution < 1.29 is 4.79 Å². The second-order valence-electron chi connectivity index (χ2n) is 3.70. The van der Waals surface area contributed by atoms with Gasteiger partial charge in [-0.2, -0.15) is 5.26 Å². The van der Waals surface area contributed by atoms with Crippen LogP contribution in [-0.2, 0) is 0 Å². The number of carbonyl (C=O) groups excluding carboxylic acids is 1. The first-order valence-electron chi connectivity index (χ1n) is 4.44. The molecule has 0 saturated heterocycles. The highest BCUT2D eigenvalue weighted by Crippen LogP contribution is 2.09. The molecule has 1 aromatic carbocycles. The first-order chi connectivity index (χ1) is 6.94. The summed E-state index contributed by atoms with van der Waals surface area (Å²) in [4.78, 5) is 11.7. The van der Waals surface area contributed by atoms with Gasteiger partial charge in [-0.3, -0.25) is 4.79 Å². The minimum atomic E-state index is -0.835. The van der Waals surface area contributed by atoms with Gasteiger partial charge in [0, 0.05) is 9.13 Å². The first kappa shape index (κ1) is 12.0. The SMILES string of the molecule is CC(C)(C#N)NC(=O)c1cccc(I)c1. The standard InChI is InChI=1S/C11H11IN2O/c1-11(2,7-13)14-10(15)8-4-3-5-9(12)6-8/h3-6H,1-2H3,(H,14,15). The molecule has 78 valence electrons. The quantitative estimate of drug-likeness (QED) is 0.852. The van der Waals surface area contributed by atoms with Crippen LogP contribution in [0.4, 0.5) is 0 Å². The molecule has 1 N–H and O–H groups in total. The normalized spacial score (nSPS) is 10.5. The van der Waals surface area contributed by atoms with E-state index in [0.29, 0.717) is 5.56 Å². The van der Waals surface area contributed by atoms with E-state index in [1.165, 1.54) is 0 Å². The molecule has 0 radical (unpaired) electrons. The van der Waals surface area contributed by atoms with Crippen LogP contribution in [0.5, 0.6) is 0 Å². The number of nitriles is 1. The second kappa shape index (κ2) is 4.62. The number of nitrogens with zero attached hydrogens (tertiary/aromatic N) is 1. The van der Waals surface area contributed by atoms with Crippen LogP contribution in [0, 0.1) is 14.9 Å². The van der Waals surface area contributed by atoms with E-state index in [1.54, 1.807) is 26.0 Å². The summed E-state index contributed by atoms with van der Waals surface area (Å²) in [5, 5.41) is 11.4. The molecule has 0 bridgehead atoms. The van der Waals surface area contributed by atoms with Gasteiger partial charge in [-0.05, 0) is 54.6 Å². The van der Waals surface area contributed by atoms with Gasteiger partial charge in [0.1, 0.15) is 5.54 Å². The second-order valence-corrected chi connectivity index (χ2v) is 4.95. The number of rotatable bonds is 2. The third-order valence-corrected chi connectivity index (χ3v) is 2.46. The fraction of sp³-hybridized carbons (Fsp3) is 0.273. The summed E-state index contributed by atoms with van der Waals surface area (Å²) in [7, 11) is 0. The van der Waals surface area contributed by atoms with Crippen LogP contribution in [-0.4, -0.2) is 11.4 Å². The Hall–Kier alpha value is -1.09. The topological polar surface area (TPSA) is 52.9 Å². The fourth-order valence-corrected chi connectivity index (χ4v) is 1.56. The first-order valence-corrected chi connectivity index (χ1v) is 5.52. The molecule has 0 aliphatic carbocycles. The summed E-state index contributed by atoms with van der Waals surface area (Å²) in [6.07, 6.45) is 0. The molecule has 0 aliphatic heterocycles. The van der Waals surface area contributed by atoms with E-state index >= 15 is 0 Å². The molecule has 0 heterocycles. The smallest absolute Gasteiger partial charge is 0.252 e. The largest absolute Gasteiger partial charge is 0.334 e.